The van der Waals surface area contributed by atoms with Crippen LogP contribution in [0.4, 0.5) is 26.3 Å². The first kappa shape index (κ1) is 30.6. The standard InChI is InChI=1S/C39H21F6N3/c40-28-13-16-31(34(43)19-28)22-1-7-25(8-2-22)37-46-38(26-9-3-23(4-10-26)32-17-14-29(41)20-35(32)44)48-39(47-37)27-11-5-24(6-12-27)33-18-15-30(42)21-36(33)45/h1-21H. The fraction of sp³-hybridized carbons (Fsp3) is 0. The lowest BCUT2D eigenvalue weighted by atomic mass is 10.0. The molecule has 0 radical (unpaired) electrons. The summed E-state index contributed by atoms with van der Waals surface area (Å²) >= 11 is 0. The quantitative estimate of drug-likeness (QED) is 0.169. The minimum absolute atomic E-state index is 0.232. The Kier molecular flexibility index (Phi) is 8.02. The highest BCUT2D eigenvalue weighted by Crippen LogP contribution is 2.31. The van der Waals surface area contributed by atoms with Crippen molar-refractivity contribution in [2.75, 3.05) is 0 Å². The highest BCUT2D eigenvalue weighted by molar-refractivity contribution is 5.74. The summed E-state index contributed by atoms with van der Waals surface area (Å²) in [5.41, 5.74) is 4.03. The number of halogens is 6. The smallest absolute Gasteiger partial charge is 0.164 e. The molecular formula is C39H21F6N3. The number of hydrogen-bond donors (Lipinski definition) is 0. The predicted octanol–water partition coefficient (Wildman–Crippen LogP) is 10.7. The van der Waals surface area contributed by atoms with E-state index in [9.17, 15) is 26.3 Å². The Morgan fingerprint density at radius 1 is 0.271 bits per heavy atom. The van der Waals surface area contributed by atoms with E-state index in [0.29, 0.717) is 50.9 Å². The van der Waals surface area contributed by atoms with Gasteiger partial charge in [0.2, 0.25) is 0 Å². The number of rotatable bonds is 6. The number of nitrogens with zero attached hydrogens (tertiary/aromatic N) is 3. The second-order valence-corrected chi connectivity index (χ2v) is 10.9. The van der Waals surface area contributed by atoms with Crippen LogP contribution in [0.25, 0.3) is 67.5 Å². The van der Waals surface area contributed by atoms with Crippen molar-refractivity contribution < 1.29 is 26.3 Å². The summed E-state index contributed by atoms with van der Waals surface area (Å²) in [5.74, 6) is -3.23. The molecule has 1 aromatic heterocycles. The minimum Gasteiger partial charge on any atom is -0.208 e. The van der Waals surface area contributed by atoms with E-state index in [1.807, 2.05) is 0 Å². The third-order valence-electron chi connectivity index (χ3n) is 7.79. The molecule has 0 spiro atoms. The lowest BCUT2D eigenvalue weighted by Gasteiger charge is -2.11. The maximum absolute atomic E-state index is 14.4. The van der Waals surface area contributed by atoms with E-state index in [-0.39, 0.29) is 16.7 Å². The fourth-order valence-corrected chi connectivity index (χ4v) is 5.33. The zero-order valence-electron chi connectivity index (χ0n) is 24.7. The van der Waals surface area contributed by atoms with E-state index in [1.165, 1.54) is 36.4 Å². The van der Waals surface area contributed by atoms with Crippen molar-refractivity contribution in [1.82, 2.24) is 15.0 Å². The molecule has 6 aromatic carbocycles. The van der Waals surface area contributed by atoms with E-state index in [1.54, 1.807) is 72.8 Å². The van der Waals surface area contributed by atoms with Gasteiger partial charge in [0, 0.05) is 51.6 Å². The van der Waals surface area contributed by atoms with Gasteiger partial charge in [0.05, 0.1) is 0 Å². The van der Waals surface area contributed by atoms with Crippen LogP contribution in [0.1, 0.15) is 0 Å². The summed E-state index contributed by atoms with van der Waals surface area (Å²) in [4.78, 5) is 14.1. The summed E-state index contributed by atoms with van der Waals surface area (Å²) in [7, 11) is 0. The van der Waals surface area contributed by atoms with E-state index >= 15 is 0 Å². The van der Waals surface area contributed by atoms with Crippen molar-refractivity contribution in [2.24, 2.45) is 0 Å². The van der Waals surface area contributed by atoms with E-state index in [2.05, 4.69) is 0 Å². The molecule has 0 atom stereocenters. The van der Waals surface area contributed by atoms with Gasteiger partial charge in [-0.15, -0.1) is 0 Å². The molecule has 0 amide bonds. The van der Waals surface area contributed by atoms with Gasteiger partial charge in [-0.25, -0.2) is 41.3 Å². The zero-order valence-corrected chi connectivity index (χ0v) is 24.7. The third kappa shape index (κ3) is 6.18. The van der Waals surface area contributed by atoms with Gasteiger partial charge in [0.25, 0.3) is 0 Å². The Hall–Kier alpha value is -6.09. The largest absolute Gasteiger partial charge is 0.208 e. The third-order valence-corrected chi connectivity index (χ3v) is 7.79. The van der Waals surface area contributed by atoms with Crippen molar-refractivity contribution in [3.8, 4) is 67.5 Å². The van der Waals surface area contributed by atoms with Gasteiger partial charge in [-0.2, -0.15) is 0 Å². The number of aromatic nitrogens is 3. The van der Waals surface area contributed by atoms with Crippen molar-refractivity contribution >= 4 is 0 Å². The molecule has 9 heteroatoms. The molecule has 7 rings (SSSR count). The Bertz CT molecular complexity index is 2020. The summed E-state index contributed by atoms with van der Waals surface area (Å²) in [6.45, 7) is 0. The molecule has 1 heterocycles. The normalized spacial score (nSPS) is 11.1. The van der Waals surface area contributed by atoms with Crippen molar-refractivity contribution in [3.63, 3.8) is 0 Å². The van der Waals surface area contributed by atoms with E-state index in [0.717, 1.165) is 18.2 Å². The van der Waals surface area contributed by atoms with Gasteiger partial charge in [0.15, 0.2) is 17.5 Å². The minimum atomic E-state index is -0.694. The van der Waals surface area contributed by atoms with Crippen LogP contribution in [0.5, 0.6) is 0 Å². The Morgan fingerprint density at radius 3 is 0.729 bits per heavy atom. The first-order valence-corrected chi connectivity index (χ1v) is 14.7. The summed E-state index contributed by atoms with van der Waals surface area (Å²) < 4.78 is 83.7. The summed E-state index contributed by atoms with van der Waals surface area (Å²) in [6, 6.07) is 30.4. The summed E-state index contributed by atoms with van der Waals surface area (Å²) in [5, 5.41) is 0. The van der Waals surface area contributed by atoms with Crippen LogP contribution >= 0.6 is 0 Å². The molecule has 0 fully saturated rings. The Morgan fingerprint density at radius 2 is 0.500 bits per heavy atom. The van der Waals surface area contributed by atoms with Crippen molar-refractivity contribution in [3.05, 3.63) is 162 Å². The molecule has 7 aromatic rings. The lowest BCUT2D eigenvalue weighted by molar-refractivity contribution is 0.585. The van der Waals surface area contributed by atoms with Crippen LogP contribution in [0.3, 0.4) is 0 Å². The van der Waals surface area contributed by atoms with Crippen LogP contribution in [-0.2, 0) is 0 Å². The molecule has 3 nitrogen and oxygen atoms in total. The average molecular weight is 646 g/mol. The predicted molar refractivity (Wildman–Crippen MR) is 172 cm³/mol. The molecule has 0 saturated carbocycles. The molecule has 48 heavy (non-hydrogen) atoms. The Balaban J connectivity index is 1.29. The fourth-order valence-electron chi connectivity index (χ4n) is 5.33. The molecule has 0 unspecified atom stereocenters. The second kappa shape index (κ2) is 12.6. The van der Waals surface area contributed by atoms with Gasteiger partial charge in [-0.3, -0.25) is 0 Å². The molecule has 0 bridgehead atoms. The van der Waals surface area contributed by atoms with Gasteiger partial charge in [-0.1, -0.05) is 72.8 Å². The highest BCUT2D eigenvalue weighted by Gasteiger charge is 2.15. The molecule has 0 aliphatic rings. The van der Waals surface area contributed by atoms with Gasteiger partial charge in [0.1, 0.15) is 34.9 Å². The number of benzene rings is 6. The molecular weight excluding hydrogens is 624 g/mol. The SMILES string of the molecule is Fc1ccc(-c2ccc(-c3nc(-c4ccc(-c5ccc(F)cc5F)cc4)nc(-c4ccc(-c5ccc(F)cc5F)cc4)n3)cc2)c(F)c1. The molecule has 0 N–H and O–H groups in total. The van der Waals surface area contributed by atoms with Gasteiger partial charge in [-0.05, 0) is 53.1 Å². The van der Waals surface area contributed by atoms with Crippen LogP contribution in [0.15, 0.2) is 127 Å². The van der Waals surface area contributed by atoms with Crippen LogP contribution in [0, 0.1) is 34.9 Å². The number of hydrogen-bond acceptors (Lipinski definition) is 3. The summed E-state index contributed by atoms with van der Waals surface area (Å²) in [6.07, 6.45) is 0. The van der Waals surface area contributed by atoms with Crippen molar-refractivity contribution in [2.45, 2.75) is 0 Å². The monoisotopic (exact) mass is 645 g/mol. The van der Waals surface area contributed by atoms with Crippen LogP contribution < -0.4 is 0 Å². The zero-order chi connectivity index (χ0) is 33.4. The molecule has 0 aliphatic carbocycles. The first-order valence-electron chi connectivity index (χ1n) is 14.7. The molecule has 0 saturated heterocycles. The van der Waals surface area contributed by atoms with Gasteiger partial charge >= 0.3 is 0 Å². The second-order valence-electron chi connectivity index (χ2n) is 10.9. The molecule has 234 valence electrons. The van der Waals surface area contributed by atoms with Crippen LogP contribution in [0.2, 0.25) is 0 Å². The lowest BCUT2D eigenvalue weighted by Crippen LogP contribution is -2.00. The topological polar surface area (TPSA) is 38.7 Å². The Labute approximate surface area is 270 Å². The molecule has 0 aliphatic heterocycles. The van der Waals surface area contributed by atoms with Gasteiger partial charge < -0.3 is 0 Å². The van der Waals surface area contributed by atoms with Crippen molar-refractivity contribution in [1.29, 1.82) is 0 Å². The first-order chi connectivity index (χ1) is 23.2. The van der Waals surface area contributed by atoms with Crippen LogP contribution in [-0.4, -0.2) is 15.0 Å². The average Bonchev–Trinajstić information content (AvgIpc) is 3.08. The maximum Gasteiger partial charge on any atom is 0.164 e. The van der Waals surface area contributed by atoms with E-state index in [4.69, 9.17) is 15.0 Å². The highest BCUT2D eigenvalue weighted by atomic mass is 19.2. The maximum atomic E-state index is 14.4. The van der Waals surface area contributed by atoms with E-state index < -0.39 is 34.9 Å².